The molecule has 2 aromatic carbocycles. The van der Waals surface area contributed by atoms with Crippen LogP contribution in [-0.2, 0) is 10.0 Å². The van der Waals surface area contributed by atoms with Gasteiger partial charge in [0.1, 0.15) is 11.6 Å². The summed E-state index contributed by atoms with van der Waals surface area (Å²) >= 11 is 1.06. The van der Waals surface area contributed by atoms with Crippen LogP contribution in [-0.4, -0.2) is 36.7 Å². The summed E-state index contributed by atoms with van der Waals surface area (Å²) in [7, 11) is -3.67. The van der Waals surface area contributed by atoms with Crippen molar-refractivity contribution in [3.8, 4) is 11.3 Å². The predicted molar refractivity (Wildman–Crippen MR) is 114 cm³/mol. The van der Waals surface area contributed by atoms with E-state index in [4.69, 9.17) is 0 Å². The zero-order valence-electron chi connectivity index (χ0n) is 16.3. The van der Waals surface area contributed by atoms with Crippen LogP contribution in [0.15, 0.2) is 52.7 Å². The number of sulfonamides is 1. The van der Waals surface area contributed by atoms with Crippen LogP contribution in [0.5, 0.6) is 0 Å². The summed E-state index contributed by atoms with van der Waals surface area (Å²) in [6.07, 6.45) is 2.64. The maximum absolute atomic E-state index is 14.0. The fourth-order valence-electron chi connectivity index (χ4n) is 3.37. The molecule has 10 heteroatoms. The van der Waals surface area contributed by atoms with Crippen LogP contribution in [0, 0.1) is 11.6 Å². The van der Waals surface area contributed by atoms with Crippen LogP contribution in [0.25, 0.3) is 11.3 Å². The Morgan fingerprint density at radius 3 is 2.61 bits per heavy atom. The third kappa shape index (κ3) is 4.65. The summed E-state index contributed by atoms with van der Waals surface area (Å²) in [6.45, 7) is 0.939. The molecule has 0 aliphatic carbocycles. The SMILES string of the molecule is O=C(Nc1nc(-c2cc(F)ccc2F)cs1)c1cccc(S(=O)(=O)N2CCCCC2)c1. The Bertz CT molecular complexity index is 1220. The minimum Gasteiger partial charge on any atom is -0.298 e. The van der Waals surface area contributed by atoms with Crippen molar-refractivity contribution in [3.63, 3.8) is 0 Å². The molecule has 1 aliphatic heterocycles. The Morgan fingerprint density at radius 2 is 1.84 bits per heavy atom. The number of hydrogen-bond acceptors (Lipinski definition) is 5. The molecule has 0 saturated carbocycles. The molecule has 0 spiro atoms. The van der Waals surface area contributed by atoms with Gasteiger partial charge < -0.3 is 0 Å². The van der Waals surface area contributed by atoms with Crippen molar-refractivity contribution < 1.29 is 22.0 Å². The molecule has 0 unspecified atom stereocenters. The van der Waals surface area contributed by atoms with E-state index in [-0.39, 0.29) is 26.8 Å². The number of aromatic nitrogens is 1. The second-order valence-corrected chi connectivity index (χ2v) is 9.90. The van der Waals surface area contributed by atoms with Gasteiger partial charge in [-0.2, -0.15) is 4.31 Å². The number of halogens is 2. The van der Waals surface area contributed by atoms with Crippen LogP contribution in [0.4, 0.5) is 13.9 Å². The lowest BCUT2D eigenvalue weighted by Gasteiger charge is -2.26. The molecular formula is C21H19F2N3O3S2. The lowest BCUT2D eigenvalue weighted by atomic mass is 10.1. The van der Waals surface area contributed by atoms with Crippen molar-refractivity contribution in [2.75, 3.05) is 18.4 Å². The molecule has 162 valence electrons. The van der Waals surface area contributed by atoms with Gasteiger partial charge in [-0.05, 0) is 49.2 Å². The third-order valence-corrected chi connectivity index (χ3v) is 7.63. The Balaban J connectivity index is 1.53. The zero-order valence-corrected chi connectivity index (χ0v) is 18.0. The number of carbonyl (C=O) groups is 1. The summed E-state index contributed by atoms with van der Waals surface area (Å²) in [6, 6.07) is 8.88. The van der Waals surface area contributed by atoms with Crippen LogP contribution in [0.2, 0.25) is 0 Å². The van der Waals surface area contributed by atoms with Gasteiger partial charge in [0, 0.05) is 29.6 Å². The highest BCUT2D eigenvalue weighted by atomic mass is 32.2. The number of thiazole rings is 1. The van der Waals surface area contributed by atoms with Gasteiger partial charge >= 0.3 is 0 Å². The Hall–Kier alpha value is -2.69. The highest BCUT2D eigenvalue weighted by Crippen LogP contribution is 2.28. The summed E-state index contributed by atoms with van der Waals surface area (Å²) in [5.74, 6) is -1.77. The van der Waals surface area contributed by atoms with Gasteiger partial charge in [0.2, 0.25) is 10.0 Å². The monoisotopic (exact) mass is 463 g/mol. The molecule has 4 rings (SSSR count). The number of nitrogens with zero attached hydrogens (tertiary/aromatic N) is 2. The van der Waals surface area contributed by atoms with E-state index in [1.54, 1.807) is 0 Å². The zero-order chi connectivity index (χ0) is 22.0. The molecule has 0 radical (unpaired) electrons. The molecule has 1 fully saturated rings. The fourth-order valence-corrected chi connectivity index (χ4v) is 5.64. The second kappa shape index (κ2) is 8.81. The first-order valence-electron chi connectivity index (χ1n) is 9.67. The Kier molecular flexibility index (Phi) is 6.12. The van der Waals surface area contributed by atoms with Crippen molar-refractivity contribution in [2.24, 2.45) is 0 Å². The van der Waals surface area contributed by atoms with Crippen LogP contribution < -0.4 is 5.32 Å². The molecule has 3 aromatic rings. The molecule has 1 amide bonds. The number of carbonyl (C=O) groups excluding carboxylic acids is 1. The first-order valence-corrected chi connectivity index (χ1v) is 12.0. The number of benzene rings is 2. The first-order chi connectivity index (χ1) is 14.8. The molecule has 1 aromatic heterocycles. The largest absolute Gasteiger partial charge is 0.298 e. The van der Waals surface area contributed by atoms with Gasteiger partial charge in [-0.15, -0.1) is 11.3 Å². The summed E-state index contributed by atoms with van der Waals surface area (Å²) in [5.41, 5.74) is 0.344. The van der Waals surface area contributed by atoms with E-state index in [1.165, 1.54) is 34.0 Å². The minimum absolute atomic E-state index is 0.00799. The van der Waals surface area contributed by atoms with Gasteiger partial charge in [-0.1, -0.05) is 12.5 Å². The van der Waals surface area contributed by atoms with E-state index in [0.29, 0.717) is 13.1 Å². The van der Waals surface area contributed by atoms with Gasteiger partial charge in [0.05, 0.1) is 10.6 Å². The number of piperidine rings is 1. The molecule has 6 nitrogen and oxygen atoms in total. The maximum Gasteiger partial charge on any atom is 0.257 e. The minimum atomic E-state index is -3.67. The van der Waals surface area contributed by atoms with E-state index < -0.39 is 27.6 Å². The number of nitrogens with one attached hydrogen (secondary N) is 1. The quantitative estimate of drug-likeness (QED) is 0.604. The predicted octanol–water partition coefficient (Wildman–Crippen LogP) is 4.52. The molecule has 1 N–H and O–H groups in total. The Morgan fingerprint density at radius 1 is 1.06 bits per heavy atom. The topological polar surface area (TPSA) is 79.4 Å². The van der Waals surface area contributed by atoms with Gasteiger partial charge in [-0.25, -0.2) is 22.2 Å². The molecule has 31 heavy (non-hydrogen) atoms. The van der Waals surface area contributed by atoms with Crippen LogP contribution in [0.3, 0.4) is 0 Å². The van der Waals surface area contributed by atoms with Gasteiger partial charge in [-0.3, -0.25) is 10.1 Å². The molecule has 2 heterocycles. The molecule has 1 aliphatic rings. The van der Waals surface area contributed by atoms with E-state index in [2.05, 4.69) is 10.3 Å². The summed E-state index contributed by atoms with van der Waals surface area (Å²) < 4.78 is 54.5. The summed E-state index contributed by atoms with van der Waals surface area (Å²) in [5, 5.41) is 4.28. The lowest BCUT2D eigenvalue weighted by Crippen LogP contribution is -2.35. The lowest BCUT2D eigenvalue weighted by molar-refractivity contribution is 0.102. The number of amides is 1. The highest BCUT2D eigenvalue weighted by molar-refractivity contribution is 7.89. The average Bonchev–Trinajstić information content (AvgIpc) is 3.24. The van der Waals surface area contributed by atoms with E-state index in [1.807, 2.05) is 0 Å². The molecule has 0 bridgehead atoms. The first kappa shape index (κ1) is 21.5. The van der Waals surface area contributed by atoms with Gasteiger partial charge in [0.25, 0.3) is 5.91 Å². The Labute approximate surface area is 182 Å². The number of anilines is 1. The third-order valence-electron chi connectivity index (χ3n) is 4.98. The molecule has 0 atom stereocenters. The number of rotatable bonds is 5. The van der Waals surface area contributed by atoms with Crippen molar-refractivity contribution in [2.45, 2.75) is 24.2 Å². The number of hydrogen-bond donors (Lipinski definition) is 1. The van der Waals surface area contributed by atoms with Crippen molar-refractivity contribution in [1.82, 2.24) is 9.29 Å². The van der Waals surface area contributed by atoms with Crippen LogP contribution in [0.1, 0.15) is 29.6 Å². The average molecular weight is 464 g/mol. The summed E-state index contributed by atoms with van der Waals surface area (Å²) in [4.78, 5) is 16.9. The van der Waals surface area contributed by atoms with E-state index >= 15 is 0 Å². The molecule has 1 saturated heterocycles. The van der Waals surface area contributed by atoms with Crippen LogP contribution >= 0.6 is 11.3 Å². The van der Waals surface area contributed by atoms with Gasteiger partial charge in [0.15, 0.2) is 5.13 Å². The van der Waals surface area contributed by atoms with Crippen molar-refractivity contribution in [3.05, 3.63) is 65.0 Å². The normalized spacial score (nSPS) is 15.0. The molecular weight excluding hydrogens is 444 g/mol. The fraction of sp³-hybridized carbons (Fsp3) is 0.238. The van der Waals surface area contributed by atoms with E-state index in [0.717, 1.165) is 48.8 Å². The maximum atomic E-state index is 14.0. The van der Waals surface area contributed by atoms with Crippen molar-refractivity contribution in [1.29, 1.82) is 0 Å². The highest BCUT2D eigenvalue weighted by Gasteiger charge is 2.26. The smallest absolute Gasteiger partial charge is 0.257 e. The second-order valence-electron chi connectivity index (χ2n) is 7.11. The van der Waals surface area contributed by atoms with E-state index in [9.17, 15) is 22.0 Å². The standard InChI is InChI=1S/C21H19F2N3O3S2/c22-15-7-8-18(23)17(12-15)19-13-30-21(24-19)25-20(27)14-5-4-6-16(11-14)31(28,29)26-9-2-1-3-10-26/h4-8,11-13H,1-3,9-10H2,(H,24,25,27). The van der Waals surface area contributed by atoms with Crippen molar-refractivity contribution >= 4 is 32.4 Å².